The van der Waals surface area contributed by atoms with Gasteiger partial charge in [-0.15, -0.1) is 11.8 Å². The fourth-order valence-corrected chi connectivity index (χ4v) is 4.61. The number of nitrogens with one attached hydrogen (secondary N) is 3. The summed E-state index contributed by atoms with van der Waals surface area (Å²) in [7, 11) is 1.52. The molecule has 0 radical (unpaired) electrons. The lowest BCUT2D eigenvalue weighted by atomic mass is 10.1. The number of thioether (sulfide) groups is 1. The molecule has 0 atom stereocenters. The predicted molar refractivity (Wildman–Crippen MR) is 167 cm³/mol. The van der Waals surface area contributed by atoms with Crippen LogP contribution in [0.25, 0.3) is 6.08 Å². The third kappa shape index (κ3) is 8.54. The van der Waals surface area contributed by atoms with Gasteiger partial charge in [0.15, 0.2) is 0 Å². The maximum absolute atomic E-state index is 13.3. The molecule has 0 saturated carbocycles. The molecule has 218 valence electrons. The number of hydrogen-bond donors (Lipinski definition) is 3. The molecule has 0 aliphatic rings. The van der Waals surface area contributed by atoms with E-state index in [1.807, 2.05) is 0 Å². The molecule has 43 heavy (non-hydrogen) atoms. The van der Waals surface area contributed by atoms with E-state index in [-0.39, 0.29) is 23.0 Å². The number of methoxy groups -OCH3 is 1. The Labute approximate surface area is 252 Å². The zero-order valence-electron chi connectivity index (χ0n) is 23.3. The van der Waals surface area contributed by atoms with Crippen molar-refractivity contribution >= 4 is 52.6 Å². The van der Waals surface area contributed by atoms with Gasteiger partial charge < -0.3 is 20.7 Å². The van der Waals surface area contributed by atoms with Gasteiger partial charge in [0.25, 0.3) is 17.5 Å². The van der Waals surface area contributed by atoms with Gasteiger partial charge in [-0.25, -0.2) is 0 Å². The first kappa shape index (κ1) is 30.5. The number of benzene rings is 4. The zero-order chi connectivity index (χ0) is 30.8. The summed E-state index contributed by atoms with van der Waals surface area (Å²) in [5.74, 6) is -0.686. The second-order valence-corrected chi connectivity index (χ2v) is 10.2. The molecule has 4 aromatic carbocycles. The van der Waals surface area contributed by atoms with Gasteiger partial charge in [-0.2, -0.15) is 0 Å². The topological polar surface area (TPSA) is 140 Å². The third-order valence-corrected chi connectivity index (χ3v) is 7.17. The van der Waals surface area contributed by atoms with Crippen molar-refractivity contribution in [1.29, 1.82) is 0 Å². The second kappa shape index (κ2) is 14.5. The Balaban J connectivity index is 1.42. The highest BCUT2D eigenvalue weighted by Crippen LogP contribution is 2.25. The number of hydrogen-bond acceptors (Lipinski definition) is 7. The lowest BCUT2D eigenvalue weighted by molar-refractivity contribution is -0.384. The first-order valence-electron chi connectivity index (χ1n) is 13.0. The van der Waals surface area contributed by atoms with Gasteiger partial charge in [0.05, 0.1) is 23.5 Å². The summed E-state index contributed by atoms with van der Waals surface area (Å²) >= 11 is 1.27. The number of non-ortho nitro benzene ring substituents is 1. The minimum Gasteiger partial charge on any atom is -0.496 e. The minimum absolute atomic E-state index is 0.0184. The Morgan fingerprint density at radius 3 is 2.30 bits per heavy atom. The van der Waals surface area contributed by atoms with Crippen LogP contribution in [0.1, 0.15) is 21.5 Å². The summed E-state index contributed by atoms with van der Waals surface area (Å²) in [5.41, 5.74) is 2.49. The number of rotatable bonds is 11. The van der Waals surface area contributed by atoms with Crippen LogP contribution in [0.4, 0.5) is 17.1 Å². The first-order valence-corrected chi connectivity index (χ1v) is 14.0. The molecule has 4 rings (SSSR count). The summed E-state index contributed by atoms with van der Waals surface area (Å²) in [6, 6.07) is 26.8. The molecule has 0 bridgehead atoms. The van der Waals surface area contributed by atoms with Crippen molar-refractivity contribution in [1.82, 2.24) is 5.32 Å². The average molecular weight is 597 g/mol. The number of carbonyl (C=O) groups excluding carboxylic acids is 3. The van der Waals surface area contributed by atoms with Crippen LogP contribution >= 0.6 is 11.8 Å². The molecule has 0 saturated heterocycles. The van der Waals surface area contributed by atoms with Gasteiger partial charge in [-0.3, -0.25) is 24.5 Å². The van der Waals surface area contributed by atoms with E-state index >= 15 is 0 Å². The summed E-state index contributed by atoms with van der Waals surface area (Å²) in [5, 5.41) is 19.2. The highest BCUT2D eigenvalue weighted by Gasteiger charge is 2.16. The van der Waals surface area contributed by atoms with Gasteiger partial charge in [-0.05, 0) is 61.0 Å². The van der Waals surface area contributed by atoms with E-state index in [2.05, 4.69) is 16.0 Å². The Bertz CT molecular complexity index is 1670. The van der Waals surface area contributed by atoms with Crippen LogP contribution in [0.2, 0.25) is 0 Å². The van der Waals surface area contributed by atoms with Crippen LogP contribution in [-0.4, -0.2) is 35.5 Å². The SMILES string of the molecule is COc1ccccc1/C=C(\NC(=O)c1ccccc1)C(=O)Nc1ccc(SCC(=O)Nc2cc([N+](=O)[O-])ccc2C)cc1. The molecule has 0 aliphatic heterocycles. The number of para-hydroxylation sites is 1. The molecule has 0 spiro atoms. The van der Waals surface area contributed by atoms with Crippen LogP contribution in [0.3, 0.4) is 0 Å². The Hall–Kier alpha value is -5.42. The molecule has 3 amide bonds. The Morgan fingerprint density at radius 2 is 1.60 bits per heavy atom. The lowest BCUT2D eigenvalue weighted by Crippen LogP contribution is -2.30. The quantitative estimate of drug-likeness (QED) is 0.0829. The number of nitrogens with zero attached hydrogens (tertiary/aromatic N) is 1. The van der Waals surface area contributed by atoms with Crippen molar-refractivity contribution < 1.29 is 24.0 Å². The van der Waals surface area contributed by atoms with Gasteiger partial charge in [-0.1, -0.05) is 42.5 Å². The second-order valence-electron chi connectivity index (χ2n) is 9.19. The summed E-state index contributed by atoms with van der Waals surface area (Å²) in [4.78, 5) is 50.0. The number of nitro benzene ring substituents is 1. The van der Waals surface area contributed by atoms with Crippen LogP contribution in [0.5, 0.6) is 5.75 Å². The number of nitro groups is 1. The van der Waals surface area contributed by atoms with Gasteiger partial charge in [0.1, 0.15) is 11.4 Å². The summed E-state index contributed by atoms with van der Waals surface area (Å²) < 4.78 is 5.39. The maximum Gasteiger partial charge on any atom is 0.272 e. The minimum atomic E-state index is -0.540. The summed E-state index contributed by atoms with van der Waals surface area (Å²) in [6.07, 6.45) is 1.54. The molecule has 0 aromatic heterocycles. The van der Waals surface area contributed by atoms with E-state index in [0.29, 0.717) is 33.8 Å². The molecular weight excluding hydrogens is 568 g/mol. The number of anilines is 2. The van der Waals surface area contributed by atoms with E-state index in [0.717, 1.165) is 4.90 Å². The molecular formula is C32H28N4O6S. The fourth-order valence-electron chi connectivity index (χ4n) is 3.91. The van der Waals surface area contributed by atoms with E-state index in [9.17, 15) is 24.5 Å². The maximum atomic E-state index is 13.3. The van der Waals surface area contributed by atoms with Crippen LogP contribution in [-0.2, 0) is 9.59 Å². The third-order valence-electron chi connectivity index (χ3n) is 6.16. The van der Waals surface area contributed by atoms with Crippen LogP contribution in [0, 0.1) is 17.0 Å². The molecule has 0 aliphatic carbocycles. The molecule has 0 fully saturated rings. The van der Waals surface area contributed by atoms with E-state index in [1.54, 1.807) is 97.9 Å². The lowest BCUT2D eigenvalue weighted by Gasteiger charge is -2.13. The standard InChI is InChI=1S/C32H28N4O6S/c1-21-12-15-25(36(40)41)19-27(21)34-30(37)20-43-26-16-13-24(14-17-26)33-32(39)28(18-23-10-6-7-11-29(23)42-2)35-31(38)22-8-4-3-5-9-22/h3-19H,20H2,1-2H3,(H,33,39)(H,34,37)(H,35,38)/b28-18-. The van der Waals surface area contributed by atoms with Crippen molar-refractivity contribution in [2.45, 2.75) is 11.8 Å². The normalized spacial score (nSPS) is 10.9. The van der Waals surface area contributed by atoms with E-state index < -0.39 is 16.7 Å². The fraction of sp³-hybridized carbons (Fsp3) is 0.0938. The Kier molecular flexibility index (Phi) is 10.3. The van der Waals surface area contributed by atoms with Crippen LogP contribution in [0.15, 0.2) is 108 Å². The molecule has 0 heterocycles. The van der Waals surface area contributed by atoms with Gasteiger partial charge in [0, 0.05) is 33.8 Å². The number of amides is 3. The summed E-state index contributed by atoms with van der Waals surface area (Å²) in [6.45, 7) is 1.75. The Morgan fingerprint density at radius 1 is 0.907 bits per heavy atom. The first-order chi connectivity index (χ1) is 20.7. The van der Waals surface area contributed by atoms with Crippen molar-refractivity contribution in [3.8, 4) is 5.75 Å². The number of carbonyl (C=O) groups is 3. The molecule has 0 unspecified atom stereocenters. The average Bonchev–Trinajstić information content (AvgIpc) is 3.02. The van der Waals surface area contributed by atoms with Crippen LogP contribution < -0.4 is 20.7 Å². The van der Waals surface area contributed by atoms with Gasteiger partial charge >= 0.3 is 0 Å². The molecule has 4 aromatic rings. The highest BCUT2D eigenvalue weighted by molar-refractivity contribution is 8.00. The zero-order valence-corrected chi connectivity index (χ0v) is 24.1. The van der Waals surface area contributed by atoms with Crippen molar-refractivity contribution in [3.63, 3.8) is 0 Å². The molecule has 11 heteroatoms. The number of ether oxygens (including phenoxy) is 1. The van der Waals surface area contributed by atoms with Gasteiger partial charge in [0.2, 0.25) is 5.91 Å². The smallest absolute Gasteiger partial charge is 0.272 e. The van der Waals surface area contributed by atoms with Crippen molar-refractivity contribution in [2.75, 3.05) is 23.5 Å². The van der Waals surface area contributed by atoms with Crippen molar-refractivity contribution in [2.24, 2.45) is 0 Å². The molecule has 3 N–H and O–H groups in total. The van der Waals surface area contributed by atoms with E-state index in [4.69, 9.17) is 4.74 Å². The molecule has 10 nitrogen and oxygen atoms in total. The highest BCUT2D eigenvalue weighted by atomic mass is 32.2. The largest absolute Gasteiger partial charge is 0.496 e. The van der Waals surface area contributed by atoms with E-state index in [1.165, 1.54) is 31.0 Å². The predicted octanol–water partition coefficient (Wildman–Crippen LogP) is 6.05. The number of aryl methyl sites for hydroxylation is 1. The van der Waals surface area contributed by atoms with Crippen molar-refractivity contribution in [3.05, 3.63) is 130 Å². The monoisotopic (exact) mass is 596 g/mol.